The quantitative estimate of drug-likeness (QED) is 0.710. The predicted octanol–water partition coefficient (Wildman–Crippen LogP) is 0.526. The highest BCUT2D eigenvalue weighted by atomic mass is 19.2. The maximum absolute atomic E-state index is 13.6. The molecular formula is C12H13F3N2O3. The summed E-state index contributed by atoms with van der Waals surface area (Å²) in [6, 6.07) is -0.0219. The largest absolute Gasteiger partial charge is 0.503 e. The Labute approximate surface area is 112 Å². The van der Waals surface area contributed by atoms with Crippen LogP contribution in [-0.2, 0) is 4.74 Å². The second-order valence-electron chi connectivity index (χ2n) is 4.39. The molecule has 1 aliphatic heterocycles. The van der Waals surface area contributed by atoms with E-state index in [2.05, 4.69) is 10.6 Å². The Balaban J connectivity index is 2.22. The first kappa shape index (κ1) is 14.6. The molecule has 1 fully saturated rings. The molecule has 1 aliphatic rings. The number of aromatic hydroxyl groups is 1. The zero-order valence-electron chi connectivity index (χ0n) is 10.5. The number of amides is 1. The maximum Gasteiger partial charge on any atom is 0.254 e. The molecule has 1 heterocycles. The molecule has 0 radical (unpaired) electrons. The molecule has 110 valence electrons. The average Bonchev–Trinajstić information content (AvgIpc) is 2.87. The lowest BCUT2D eigenvalue weighted by Crippen LogP contribution is -2.43. The van der Waals surface area contributed by atoms with Crippen molar-refractivity contribution in [3.05, 3.63) is 29.1 Å². The fourth-order valence-corrected chi connectivity index (χ4v) is 2.05. The number of ether oxygens (including phenoxy) is 1. The van der Waals surface area contributed by atoms with Crippen LogP contribution in [0.1, 0.15) is 10.4 Å². The fourth-order valence-electron chi connectivity index (χ4n) is 2.05. The first-order chi connectivity index (χ1) is 9.45. The van der Waals surface area contributed by atoms with Gasteiger partial charge in [-0.2, -0.15) is 4.39 Å². The molecule has 0 aliphatic carbocycles. The third kappa shape index (κ3) is 2.56. The van der Waals surface area contributed by atoms with Crippen LogP contribution in [0, 0.1) is 17.5 Å². The summed E-state index contributed by atoms with van der Waals surface area (Å²) >= 11 is 0. The first-order valence-electron chi connectivity index (χ1n) is 5.86. The first-order valence-corrected chi connectivity index (χ1v) is 5.86. The van der Waals surface area contributed by atoms with Crippen LogP contribution in [0.25, 0.3) is 0 Å². The lowest BCUT2D eigenvalue weighted by Gasteiger charge is -2.18. The summed E-state index contributed by atoms with van der Waals surface area (Å²) in [5, 5.41) is 14.5. The predicted molar refractivity (Wildman–Crippen MR) is 62.9 cm³/mol. The normalized spacial score (nSPS) is 22.0. The van der Waals surface area contributed by atoms with Gasteiger partial charge in [0, 0.05) is 20.2 Å². The minimum atomic E-state index is -1.73. The minimum absolute atomic E-state index is 0.305. The van der Waals surface area contributed by atoms with E-state index in [9.17, 15) is 18.0 Å². The number of hydrogen-bond acceptors (Lipinski definition) is 4. The number of halogens is 3. The number of carbonyl (C=O) groups is 1. The molecule has 2 rings (SSSR count). The van der Waals surface area contributed by atoms with E-state index >= 15 is 0 Å². The molecule has 8 heteroatoms. The summed E-state index contributed by atoms with van der Waals surface area (Å²) in [7, 11) is 1.46. The van der Waals surface area contributed by atoms with Gasteiger partial charge < -0.3 is 20.5 Å². The number of phenolic OH excluding ortho intramolecular Hbond substituents is 1. The van der Waals surface area contributed by atoms with Crippen molar-refractivity contribution in [1.29, 1.82) is 0 Å². The third-order valence-electron chi connectivity index (χ3n) is 3.16. The van der Waals surface area contributed by atoms with Crippen molar-refractivity contribution in [2.45, 2.75) is 12.1 Å². The second-order valence-corrected chi connectivity index (χ2v) is 4.39. The zero-order chi connectivity index (χ0) is 14.9. The molecule has 1 saturated heterocycles. The number of methoxy groups -OCH3 is 1. The molecule has 0 saturated carbocycles. The number of carbonyl (C=O) groups excluding carboxylic acids is 1. The van der Waals surface area contributed by atoms with Gasteiger partial charge in [0.2, 0.25) is 5.82 Å². The Kier molecular flexibility index (Phi) is 4.15. The number of hydrogen-bond donors (Lipinski definition) is 3. The highest BCUT2D eigenvalue weighted by molar-refractivity contribution is 5.95. The molecule has 1 aromatic rings. The Bertz CT molecular complexity index is 539. The van der Waals surface area contributed by atoms with Gasteiger partial charge >= 0.3 is 0 Å². The van der Waals surface area contributed by atoms with Crippen LogP contribution < -0.4 is 10.6 Å². The average molecular weight is 290 g/mol. The number of rotatable bonds is 3. The molecule has 0 aromatic heterocycles. The molecule has 3 N–H and O–H groups in total. The molecule has 1 unspecified atom stereocenters. The topological polar surface area (TPSA) is 70.6 Å². The fraction of sp³-hybridized carbons (Fsp3) is 0.417. The van der Waals surface area contributed by atoms with Crippen LogP contribution in [-0.4, -0.2) is 43.4 Å². The van der Waals surface area contributed by atoms with E-state index in [0.717, 1.165) is 0 Å². The van der Waals surface area contributed by atoms with Crippen LogP contribution in [0.15, 0.2) is 6.07 Å². The SMILES string of the molecule is CO[C@H]1CNCC1NC(=O)c1cc(F)c(F)c(O)c1F. The molecule has 0 spiro atoms. The van der Waals surface area contributed by atoms with Gasteiger partial charge in [0.05, 0.1) is 17.7 Å². The van der Waals surface area contributed by atoms with E-state index in [1.807, 2.05) is 0 Å². The van der Waals surface area contributed by atoms with E-state index in [1.54, 1.807) is 0 Å². The van der Waals surface area contributed by atoms with Crippen molar-refractivity contribution in [3.63, 3.8) is 0 Å². The van der Waals surface area contributed by atoms with Crippen LogP contribution in [0.2, 0.25) is 0 Å². The highest BCUT2D eigenvalue weighted by Crippen LogP contribution is 2.25. The maximum atomic E-state index is 13.6. The van der Waals surface area contributed by atoms with Gasteiger partial charge in [-0.3, -0.25) is 4.79 Å². The lowest BCUT2D eigenvalue weighted by molar-refractivity contribution is 0.0776. The second kappa shape index (κ2) is 5.68. The van der Waals surface area contributed by atoms with Gasteiger partial charge in [-0.25, -0.2) is 8.78 Å². The summed E-state index contributed by atoms with van der Waals surface area (Å²) < 4.78 is 44.7. The summed E-state index contributed by atoms with van der Waals surface area (Å²) in [4.78, 5) is 11.9. The lowest BCUT2D eigenvalue weighted by atomic mass is 10.1. The molecule has 1 amide bonds. The number of phenols is 1. The van der Waals surface area contributed by atoms with Crippen LogP contribution in [0.4, 0.5) is 13.2 Å². The van der Waals surface area contributed by atoms with Gasteiger partial charge in [0.15, 0.2) is 17.4 Å². The summed E-state index contributed by atoms with van der Waals surface area (Å²) in [6.07, 6.45) is -0.305. The Morgan fingerprint density at radius 1 is 1.40 bits per heavy atom. The number of benzene rings is 1. The van der Waals surface area contributed by atoms with Gasteiger partial charge in [-0.15, -0.1) is 0 Å². The minimum Gasteiger partial charge on any atom is -0.503 e. The van der Waals surface area contributed by atoms with Crippen molar-refractivity contribution in [3.8, 4) is 5.75 Å². The molecule has 2 atom stereocenters. The van der Waals surface area contributed by atoms with Gasteiger partial charge in [-0.1, -0.05) is 0 Å². The van der Waals surface area contributed by atoms with E-state index < -0.39 is 40.7 Å². The summed E-state index contributed by atoms with van der Waals surface area (Å²) in [5.74, 6) is -7.19. The zero-order valence-corrected chi connectivity index (χ0v) is 10.5. The van der Waals surface area contributed by atoms with Crippen molar-refractivity contribution < 1.29 is 27.8 Å². The molecule has 20 heavy (non-hydrogen) atoms. The van der Waals surface area contributed by atoms with Crippen LogP contribution >= 0.6 is 0 Å². The van der Waals surface area contributed by atoms with E-state index in [0.29, 0.717) is 19.2 Å². The van der Waals surface area contributed by atoms with Crippen molar-refractivity contribution in [2.75, 3.05) is 20.2 Å². The molecular weight excluding hydrogens is 277 g/mol. The van der Waals surface area contributed by atoms with Crippen molar-refractivity contribution >= 4 is 5.91 Å². The molecule has 5 nitrogen and oxygen atoms in total. The van der Waals surface area contributed by atoms with Crippen LogP contribution in [0.5, 0.6) is 5.75 Å². The Morgan fingerprint density at radius 3 is 2.75 bits per heavy atom. The molecule has 1 aromatic carbocycles. The highest BCUT2D eigenvalue weighted by Gasteiger charge is 2.30. The summed E-state index contributed by atoms with van der Waals surface area (Å²) in [5.41, 5.74) is -0.761. The van der Waals surface area contributed by atoms with Gasteiger partial charge in [0.1, 0.15) is 0 Å². The van der Waals surface area contributed by atoms with E-state index in [4.69, 9.17) is 9.84 Å². The van der Waals surface area contributed by atoms with Gasteiger partial charge in [0.25, 0.3) is 5.91 Å². The molecule has 0 bridgehead atoms. The van der Waals surface area contributed by atoms with Gasteiger partial charge in [-0.05, 0) is 6.07 Å². The van der Waals surface area contributed by atoms with Crippen molar-refractivity contribution in [1.82, 2.24) is 10.6 Å². The number of nitrogens with one attached hydrogen (secondary N) is 2. The Morgan fingerprint density at radius 2 is 2.10 bits per heavy atom. The monoisotopic (exact) mass is 290 g/mol. The third-order valence-corrected chi connectivity index (χ3v) is 3.16. The standard InChI is InChI=1S/C12H13F3N2O3/c1-20-8-4-16-3-7(8)17-12(19)5-2-6(13)10(15)11(18)9(5)14/h2,7-8,16,18H,3-4H2,1H3,(H,17,19)/t7?,8-/m0/s1. The Hall–Kier alpha value is -1.80. The van der Waals surface area contributed by atoms with E-state index in [-0.39, 0.29) is 6.10 Å². The summed E-state index contributed by atoms with van der Waals surface area (Å²) in [6.45, 7) is 0.911. The van der Waals surface area contributed by atoms with Crippen LogP contribution in [0.3, 0.4) is 0 Å². The smallest absolute Gasteiger partial charge is 0.254 e. The van der Waals surface area contributed by atoms with Crippen molar-refractivity contribution in [2.24, 2.45) is 0 Å². The van der Waals surface area contributed by atoms with E-state index in [1.165, 1.54) is 7.11 Å².